The number of carboxylic acids is 1. The third-order valence-corrected chi connectivity index (χ3v) is 4.62. The van der Waals surface area contributed by atoms with Crippen molar-refractivity contribution < 1.29 is 14.6 Å². The minimum atomic E-state index is -0.655. The number of benzene rings is 1. The molecule has 0 bridgehead atoms. The monoisotopic (exact) mass is 260 g/mol. The zero-order valence-electron chi connectivity index (χ0n) is 11.1. The van der Waals surface area contributed by atoms with E-state index in [9.17, 15) is 9.90 Å². The Bertz CT molecular complexity index is 477. The topological polar surface area (TPSA) is 46.5 Å². The van der Waals surface area contributed by atoms with Crippen LogP contribution < -0.4 is 0 Å². The van der Waals surface area contributed by atoms with Crippen molar-refractivity contribution in [2.45, 2.75) is 44.6 Å². The van der Waals surface area contributed by atoms with Crippen LogP contribution in [0.1, 0.15) is 36.8 Å². The molecule has 0 amide bonds. The second kappa shape index (κ2) is 4.97. The number of aryl methyl sites for hydroxylation is 1. The Morgan fingerprint density at radius 3 is 2.84 bits per heavy atom. The molecule has 0 saturated carbocycles. The van der Waals surface area contributed by atoms with Crippen LogP contribution >= 0.6 is 0 Å². The maximum absolute atomic E-state index is 11.8. The van der Waals surface area contributed by atoms with Crippen LogP contribution in [0.5, 0.6) is 0 Å². The molecule has 3 rings (SSSR count). The van der Waals surface area contributed by atoms with Gasteiger partial charge in [0.1, 0.15) is 0 Å². The number of carboxylic acid groups (broad SMARTS) is 1. The second-order valence-corrected chi connectivity index (χ2v) is 5.87. The summed E-state index contributed by atoms with van der Waals surface area (Å²) in [6, 6.07) is 8.23. The number of rotatable bonds is 3. The second-order valence-electron chi connectivity index (χ2n) is 5.87. The number of aliphatic carboxylic acids is 1. The summed E-state index contributed by atoms with van der Waals surface area (Å²) in [5.74, 6) is -0.655. The first-order valence-electron chi connectivity index (χ1n) is 7.11. The molecule has 0 aromatic heterocycles. The van der Waals surface area contributed by atoms with Crippen molar-refractivity contribution in [2.24, 2.45) is 5.41 Å². The van der Waals surface area contributed by atoms with Crippen LogP contribution in [0.2, 0.25) is 0 Å². The fraction of sp³-hybridized carbons (Fsp3) is 0.562. The number of hydrogen-bond acceptors (Lipinski definition) is 2. The first kappa shape index (κ1) is 12.7. The van der Waals surface area contributed by atoms with Gasteiger partial charge in [-0.3, -0.25) is 4.79 Å². The zero-order chi connectivity index (χ0) is 13.3. The first-order chi connectivity index (χ1) is 9.20. The summed E-state index contributed by atoms with van der Waals surface area (Å²) >= 11 is 0. The van der Waals surface area contributed by atoms with E-state index < -0.39 is 11.4 Å². The van der Waals surface area contributed by atoms with E-state index in [0.29, 0.717) is 12.8 Å². The summed E-state index contributed by atoms with van der Waals surface area (Å²) in [4.78, 5) is 11.8. The Morgan fingerprint density at radius 1 is 1.37 bits per heavy atom. The van der Waals surface area contributed by atoms with Gasteiger partial charge in [-0.15, -0.1) is 0 Å². The number of hydrogen-bond donors (Lipinski definition) is 1. The molecular formula is C16H20O3. The smallest absolute Gasteiger partial charge is 0.310 e. The molecule has 0 spiro atoms. The third kappa shape index (κ3) is 2.39. The Balaban J connectivity index is 1.84. The normalized spacial score (nSPS) is 30.0. The number of ether oxygens (including phenoxy) is 1. The molecule has 1 aromatic carbocycles. The molecule has 0 radical (unpaired) electrons. The minimum absolute atomic E-state index is 0.140. The van der Waals surface area contributed by atoms with E-state index in [1.54, 1.807) is 0 Å². The van der Waals surface area contributed by atoms with E-state index in [4.69, 9.17) is 4.74 Å². The van der Waals surface area contributed by atoms with Crippen LogP contribution in [0, 0.1) is 5.41 Å². The fourth-order valence-electron chi connectivity index (χ4n) is 3.49. The molecule has 1 N–H and O–H groups in total. The predicted octanol–water partition coefficient (Wildman–Crippen LogP) is 2.82. The molecule has 1 heterocycles. The van der Waals surface area contributed by atoms with Crippen molar-refractivity contribution in [3.63, 3.8) is 0 Å². The minimum Gasteiger partial charge on any atom is -0.481 e. The standard InChI is InChI=1S/C16H20O3/c17-15(18)16(11-14-6-3-9-19-14)8-7-12-4-1-2-5-13(12)10-16/h1-2,4-5,14H,3,6-11H2,(H,17,18). The Morgan fingerprint density at radius 2 is 2.16 bits per heavy atom. The van der Waals surface area contributed by atoms with E-state index in [1.165, 1.54) is 11.1 Å². The van der Waals surface area contributed by atoms with Crippen molar-refractivity contribution in [1.29, 1.82) is 0 Å². The lowest BCUT2D eigenvalue weighted by Gasteiger charge is -2.36. The summed E-state index contributed by atoms with van der Waals surface area (Å²) in [6.07, 6.45) is 5.14. The summed E-state index contributed by atoms with van der Waals surface area (Å²) < 4.78 is 5.66. The van der Waals surface area contributed by atoms with Crippen molar-refractivity contribution in [1.82, 2.24) is 0 Å². The van der Waals surface area contributed by atoms with Gasteiger partial charge < -0.3 is 9.84 Å². The van der Waals surface area contributed by atoms with Crippen LogP contribution in [0.25, 0.3) is 0 Å². The van der Waals surface area contributed by atoms with Gasteiger partial charge in [-0.25, -0.2) is 0 Å². The van der Waals surface area contributed by atoms with Crippen LogP contribution in [-0.2, 0) is 22.4 Å². The number of fused-ring (bicyclic) bond motifs is 1. The van der Waals surface area contributed by atoms with E-state index in [-0.39, 0.29) is 6.10 Å². The van der Waals surface area contributed by atoms with E-state index >= 15 is 0 Å². The van der Waals surface area contributed by atoms with Gasteiger partial charge in [-0.1, -0.05) is 24.3 Å². The molecule has 2 atom stereocenters. The molecule has 1 aromatic rings. The Hall–Kier alpha value is -1.35. The largest absolute Gasteiger partial charge is 0.481 e. The fourth-order valence-corrected chi connectivity index (χ4v) is 3.49. The van der Waals surface area contributed by atoms with Gasteiger partial charge >= 0.3 is 5.97 Å². The van der Waals surface area contributed by atoms with Crippen molar-refractivity contribution in [3.8, 4) is 0 Å². The van der Waals surface area contributed by atoms with Gasteiger partial charge in [0.2, 0.25) is 0 Å². The van der Waals surface area contributed by atoms with Gasteiger partial charge in [0.05, 0.1) is 11.5 Å². The lowest BCUT2D eigenvalue weighted by Crippen LogP contribution is -2.39. The Kier molecular flexibility index (Phi) is 3.31. The van der Waals surface area contributed by atoms with Crippen LogP contribution in [0.4, 0.5) is 0 Å². The van der Waals surface area contributed by atoms with Gasteiger partial charge in [0, 0.05) is 6.61 Å². The highest BCUT2D eigenvalue weighted by Gasteiger charge is 2.43. The molecule has 3 heteroatoms. The highest BCUT2D eigenvalue weighted by atomic mass is 16.5. The summed E-state index contributed by atoms with van der Waals surface area (Å²) in [5, 5.41) is 9.72. The number of carbonyl (C=O) groups is 1. The lowest BCUT2D eigenvalue weighted by molar-refractivity contribution is -0.152. The van der Waals surface area contributed by atoms with Crippen LogP contribution in [0.15, 0.2) is 24.3 Å². The molecule has 1 fully saturated rings. The maximum Gasteiger partial charge on any atom is 0.310 e. The molecule has 2 aliphatic rings. The summed E-state index contributed by atoms with van der Waals surface area (Å²) in [7, 11) is 0. The molecule has 1 aliphatic carbocycles. The van der Waals surface area contributed by atoms with Crippen LogP contribution in [-0.4, -0.2) is 23.8 Å². The van der Waals surface area contributed by atoms with E-state index in [2.05, 4.69) is 12.1 Å². The zero-order valence-corrected chi connectivity index (χ0v) is 11.1. The first-order valence-corrected chi connectivity index (χ1v) is 7.11. The summed E-state index contributed by atoms with van der Waals surface area (Å²) in [5.41, 5.74) is 1.89. The molecule has 1 aliphatic heterocycles. The van der Waals surface area contributed by atoms with Gasteiger partial charge in [-0.2, -0.15) is 0 Å². The molecular weight excluding hydrogens is 240 g/mol. The summed E-state index contributed by atoms with van der Waals surface area (Å²) in [6.45, 7) is 0.789. The van der Waals surface area contributed by atoms with E-state index in [1.807, 2.05) is 12.1 Å². The highest BCUT2D eigenvalue weighted by Crippen LogP contribution is 2.41. The average Bonchev–Trinajstić information content (AvgIpc) is 2.91. The molecule has 102 valence electrons. The van der Waals surface area contributed by atoms with Gasteiger partial charge in [-0.05, 0) is 49.7 Å². The molecule has 19 heavy (non-hydrogen) atoms. The average molecular weight is 260 g/mol. The van der Waals surface area contributed by atoms with Gasteiger partial charge in [0.25, 0.3) is 0 Å². The van der Waals surface area contributed by atoms with Crippen LogP contribution in [0.3, 0.4) is 0 Å². The van der Waals surface area contributed by atoms with E-state index in [0.717, 1.165) is 32.3 Å². The van der Waals surface area contributed by atoms with Crippen molar-refractivity contribution in [2.75, 3.05) is 6.61 Å². The lowest BCUT2D eigenvalue weighted by atomic mass is 9.68. The van der Waals surface area contributed by atoms with Crippen molar-refractivity contribution >= 4 is 5.97 Å². The quantitative estimate of drug-likeness (QED) is 0.909. The maximum atomic E-state index is 11.8. The molecule has 1 saturated heterocycles. The molecule has 3 nitrogen and oxygen atoms in total. The Labute approximate surface area is 113 Å². The predicted molar refractivity (Wildman–Crippen MR) is 72.1 cm³/mol. The SMILES string of the molecule is O=C(O)C1(CC2CCCO2)CCc2ccccc2C1. The highest BCUT2D eigenvalue weighted by molar-refractivity contribution is 5.75. The van der Waals surface area contributed by atoms with Gasteiger partial charge in [0.15, 0.2) is 0 Å². The third-order valence-electron chi connectivity index (χ3n) is 4.62. The van der Waals surface area contributed by atoms with Crippen molar-refractivity contribution in [3.05, 3.63) is 35.4 Å². The molecule has 2 unspecified atom stereocenters.